The van der Waals surface area contributed by atoms with E-state index in [0.717, 1.165) is 10.8 Å². The molecule has 1 aromatic heterocycles. The first kappa shape index (κ1) is 24.6. The van der Waals surface area contributed by atoms with Crippen molar-refractivity contribution >= 4 is 39.9 Å². The summed E-state index contributed by atoms with van der Waals surface area (Å²) in [5.41, 5.74) is 0.413. The molecule has 1 heterocycles. The van der Waals surface area contributed by atoms with Crippen LogP contribution in [-0.4, -0.2) is 11.0 Å². The van der Waals surface area contributed by atoms with E-state index in [-0.39, 0.29) is 16.3 Å². The van der Waals surface area contributed by atoms with Gasteiger partial charge in [0, 0.05) is 5.39 Å². The molecule has 3 rings (SSSR count). The number of halogens is 2. The summed E-state index contributed by atoms with van der Waals surface area (Å²) in [7, 11) is 0. The van der Waals surface area contributed by atoms with Crippen molar-refractivity contribution in [2.75, 3.05) is 0 Å². The summed E-state index contributed by atoms with van der Waals surface area (Å²) in [6, 6.07) is 18.8. The van der Waals surface area contributed by atoms with Crippen LogP contribution < -0.4 is 4.74 Å². The fourth-order valence-corrected chi connectivity index (χ4v) is 4.17. The van der Waals surface area contributed by atoms with Crippen molar-refractivity contribution in [2.45, 2.75) is 26.9 Å². The minimum atomic E-state index is -0.982. The van der Waals surface area contributed by atoms with Gasteiger partial charge >= 0.3 is 5.97 Å². The molecule has 0 saturated carbocycles. The van der Waals surface area contributed by atoms with E-state index in [4.69, 9.17) is 39.1 Å². The lowest BCUT2D eigenvalue weighted by Gasteiger charge is -2.25. The van der Waals surface area contributed by atoms with Crippen molar-refractivity contribution < 1.29 is 14.3 Å². The number of rotatable bonds is 8. The molecule has 33 heavy (non-hydrogen) atoms. The number of ether oxygens (including phenoxy) is 2. The molecule has 170 valence electrons. The van der Waals surface area contributed by atoms with E-state index < -0.39 is 18.0 Å². The molecule has 0 aliphatic carbocycles. The maximum Gasteiger partial charge on any atom is 0.311 e. The Balaban J connectivity index is 1.95. The zero-order valence-corrected chi connectivity index (χ0v) is 20.2. The van der Waals surface area contributed by atoms with Crippen LogP contribution in [0.2, 0.25) is 0 Å². The van der Waals surface area contributed by atoms with Crippen LogP contribution in [0.5, 0.6) is 11.6 Å². The van der Waals surface area contributed by atoms with Crippen LogP contribution >= 0.6 is 23.2 Å². The highest BCUT2D eigenvalue weighted by molar-refractivity contribution is 6.55. The molecule has 3 aromatic rings. The topological polar surface area (TPSA) is 48.4 Å². The Morgan fingerprint density at radius 2 is 1.73 bits per heavy atom. The van der Waals surface area contributed by atoms with E-state index in [0.29, 0.717) is 17.3 Å². The number of benzene rings is 2. The van der Waals surface area contributed by atoms with Crippen molar-refractivity contribution in [3.05, 3.63) is 76.9 Å². The van der Waals surface area contributed by atoms with Gasteiger partial charge in [0.05, 0.1) is 11.6 Å². The van der Waals surface area contributed by atoms with Crippen molar-refractivity contribution in [3.63, 3.8) is 0 Å². The molecule has 0 fully saturated rings. The first-order valence-corrected chi connectivity index (χ1v) is 11.4. The summed E-state index contributed by atoms with van der Waals surface area (Å²) >= 11 is 11.6. The Kier molecular flexibility index (Phi) is 8.38. The number of fused-ring (bicyclic) bond motifs is 1. The van der Waals surface area contributed by atoms with Crippen molar-refractivity contribution in [3.8, 4) is 24.0 Å². The Labute approximate surface area is 204 Å². The smallest absolute Gasteiger partial charge is 0.311 e. The number of allylic oxidation sites excluding steroid dienone is 1. The number of aromatic nitrogens is 1. The molecule has 0 bridgehead atoms. The van der Waals surface area contributed by atoms with Crippen LogP contribution in [0.3, 0.4) is 0 Å². The lowest BCUT2D eigenvalue weighted by molar-refractivity contribution is -0.155. The van der Waals surface area contributed by atoms with Crippen molar-refractivity contribution in [1.82, 2.24) is 4.98 Å². The molecule has 0 spiro atoms. The molecule has 0 aliphatic heterocycles. The summed E-state index contributed by atoms with van der Waals surface area (Å²) in [5, 5.41) is 1.69. The van der Waals surface area contributed by atoms with E-state index >= 15 is 0 Å². The summed E-state index contributed by atoms with van der Waals surface area (Å²) in [6.07, 6.45) is 6.41. The second kappa shape index (κ2) is 11.2. The van der Waals surface area contributed by atoms with Gasteiger partial charge in [0.1, 0.15) is 10.2 Å². The second-order valence-corrected chi connectivity index (χ2v) is 9.07. The molecule has 4 nitrogen and oxygen atoms in total. The Hall–Kier alpha value is -3.00. The predicted molar refractivity (Wildman–Crippen MR) is 133 cm³/mol. The van der Waals surface area contributed by atoms with E-state index in [1.54, 1.807) is 6.08 Å². The molecule has 0 aliphatic rings. The van der Waals surface area contributed by atoms with Crippen molar-refractivity contribution in [2.24, 2.45) is 17.8 Å². The van der Waals surface area contributed by atoms with Crippen LogP contribution in [-0.2, 0) is 9.53 Å². The third-order valence-electron chi connectivity index (χ3n) is 5.28. The van der Waals surface area contributed by atoms with Gasteiger partial charge in [-0.1, -0.05) is 92.4 Å². The highest BCUT2D eigenvalue weighted by Crippen LogP contribution is 2.33. The van der Waals surface area contributed by atoms with Crippen molar-refractivity contribution in [1.29, 1.82) is 0 Å². The van der Waals surface area contributed by atoms with Gasteiger partial charge in [-0.15, -0.1) is 6.42 Å². The number of carbonyl (C=O) groups is 1. The van der Waals surface area contributed by atoms with Gasteiger partial charge in [0.2, 0.25) is 12.0 Å². The Bertz CT molecular complexity index is 1180. The molecule has 6 heteroatoms. The maximum atomic E-state index is 13.1. The number of hydrogen-bond donors (Lipinski definition) is 0. The fourth-order valence-electron chi connectivity index (χ4n) is 3.77. The van der Waals surface area contributed by atoms with Crippen LogP contribution in [0.1, 0.15) is 32.6 Å². The minimum Gasteiger partial charge on any atom is -0.442 e. The molecule has 0 radical (unpaired) electrons. The molecule has 0 N–H and O–H groups in total. The largest absolute Gasteiger partial charge is 0.442 e. The average Bonchev–Trinajstić information content (AvgIpc) is 2.77. The number of esters is 1. The van der Waals surface area contributed by atoms with Gasteiger partial charge in [0.15, 0.2) is 0 Å². The summed E-state index contributed by atoms with van der Waals surface area (Å²) < 4.78 is 11.9. The quantitative estimate of drug-likeness (QED) is 0.247. The third-order valence-corrected chi connectivity index (χ3v) is 5.53. The summed E-state index contributed by atoms with van der Waals surface area (Å²) in [6.45, 7) is 5.73. The molecular weight excluding hydrogens is 457 g/mol. The number of hydrogen-bond acceptors (Lipinski definition) is 4. The number of nitrogens with zero attached hydrogens (tertiary/aromatic N) is 1. The normalized spacial score (nSPS) is 13.6. The highest BCUT2D eigenvalue weighted by atomic mass is 35.5. The van der Waals surface area contributed by atoms with Crippen LogP contribution in [0, 0.1) is 30.1 Å². The van der Waals surface area contributed by atoms with Gasteiger partial charge < -0.3 is 9.47 Å². The number of terminal acetylenes is 1. The molecule has 0 saturated heterocycles. The molecular formula is C27H25Cl2NO3. The Morgan fingerprint density at radius 3 is 2.36 bits per heavy atom. The highest BCUT2D eigenvalue weighted by Gasteiger charge is 2.31. The van der Waals surface area contributed by atoms with Crippen LogP contribution in [0.15, 0.2) is 71.2 Å². The number of pyridine rings is 1. The second-order valence-electron chi connectivity index (χ2n) is 8.06. The lowest BCUT2D eigenvalue weighted by atomic mass is 9.84. The standard InChI is InChI=1S/C27H25Cl2NO3/c1-5-23(33-27(31)25(17(2)3)18(4)15-24(28)29)22-16-19-11-9-10-14-21(19)26(30-22)32-20-12-7-6-8-13-20/h1,6-18,23,25H,2-4H3. The Morgan fingerprint density at radius 1 is 1.06 bits per heavy atom. The van der Waals surface area contributed by atoms with Crippen LogP contribution in [0.4, 0.5) is 0 Å². The van der Waals surface area contributed by atoms with Gasteiger partial charge in [-0.05, 0) is 41.5 Å². The van der Waals surface area contributed by atoms with E-state index in [1.807, 2.05) is 81.4 Å². The average molecular weight is 482 g/mol. The minimum absolute atomic E-state index is 0.0172. The maximum absolute atomic E-state index is 13.1. The van der Waals surface area contributed by atoms with E-state index in [2.05, 4.69) is 10.9 Å². The first-order valence-electron chi connectivity index (χ1n) is 10.6. The summed E-state index contributed by atoms with van der Waals surface area (Å²) in [5.74, 6) is 2.41. The van der Waals surface area contributed by atoms with Gasteiger partial charge in [-0.2, -0.15) is 0 Å². The molecule has 2 aromatic carbocycles. The van der Waals surface area contributed by atoms with E-state index in [9.17, 15) is 4.79 Å². The van der Waals surface area contributed by atoms with Crippen LogP contribution in [0.25, 0.3) is 10.8 Å². The summed E-state index contributed by atoms with van der Waals surface area (Å²) in [4.78, 5) is 17.7. The van der Waals surface area contributed by atoms with Gasteiger partial charge in [-0.25, -0.2) is 4.98 Å². The number of carbonyl (C=O) groups excluding carboxylic acids is 1. The SMILES string of the molecule is C#CC(OC(=O)C(C(C)C)C(C)C=C(Cl)Cl)c1cc2ccccc2c(Oc2ccccc2)n1. The predicted octanol–water partition coefficient (Wildman–Crippen LogP) is 7.47. The monoisotopic (exact) mass is 481 g/mol. The molecule has 0 amide bonds. The van der Waals surface area contributed by atoms with Gasteiger partial charge in [-0.3, -0.25) is 4.79 Å². The fraction of sp³-hybridized carbons (Fsp3) is 0.259. The zero-order chi connectivity index (χ0) is 24.0. The lowest BCUT2D eigenvalue weighted by Crippen LogP contribution is -2.29. The molecule has 3 atom stereocenters. The zero-order valence-electron chi connectivity index (χ0n) is 18.7. The third kappa shape index (κ3) is 6.28. The number of para-hydroxylation sites is 1. The first-order chi connectivity index (χ1) is 15.8. The molecule has 3 unspecified atom stereocenters. The van der Waals surface area contributed by atoms with Gasteiger partial charge in [0.25, 0.3) is 0 Å². The van der Waals surface area contributed by atoms with E-state index in [1.165, 1.54) is 0 Å².